The van der Waals surface area contributed by atoms with E-state index < -0.39 is 0 Å². The predicted molar refractivity (Wildman–Crippen MR) is 71.9 cm³/mol. The van der Waals surface area contributed by atoms with Gasteiger partial charge >= 0.3 is 0 Å². The van der Waals surface area contributed by atoms with Crippen molar-refractivity contribution in [3.05, 3.63) is 28.7 Å². The molecule has 0 aliphatic rings. The molecule has 0 amide bonds. The summed E-state index contributed by atoms with van der Waals surface area (Å²) >= 11 is 3.42. The minimum atomic E-state index is 0.0497. The van der Waals surface area contributed by atoms with E-state index in [9.17, 15) is 0 Å². The van der Waals surface area contributed by atoms with Crippen LogP contribution in [0.2, 0.25) is 0 Å². The highest BCUT2D eigenvalue weighted by Gasteiger charge is 2.16. The molecule has 0 spiro atoms. The van der Waals surface area contributed by atoms with Gasteiger partial charge in [-0.2, -0.15) is 4.98 Å². The molecule has 0 radical (unpaired) electrons. The molecule has 0 fully saturated rings. The van der Waals surface area contributed by atoms with Gasteiger partial charge in [0, 0.05) is 10.7 Å². The number of halogens is 1. The molecule has 1 atom stereocenters. The maximum atomic E-state index is 5.25. The van der Waals surface area contributed by atoms with Crippen molar-refractivity contribution < 1.29 is 4.52 Å². The summed E-state index contributed by atoms with van der Waals surface area (Å²) in [5, 5.41) is 7.26. The van der Waals surface area contributed by atoms with E-state index in [4.69, 9.17) is 4.52 Å². The number of nitrogens with zero attached hydrogens (tertiary/aromatic N) is 3. The van der Waals surface area contributed by atoms with Gasteiger partial charge in [-0.3, -0.25) is 4.98 Å². The van der Waals surface area contributed by atoms with E-state index in [2.05, 4.69) is 43.3 Å². The molecule has 0 saturated carbocycles. The van der Waals surface area contributed by atoms with Crippen molar-refractivity contribution in [3.8, 4) is 11.5 Å². The topological polar surface area (TPSA) is 63.8 Å². The van der Waals surface area contributed by atoms with E-state index in [1.54, 1.807) is 6.20 Å². The molecular weight excluding hydrogens is 296 g/mol. The van der Waals surface area contributed by atoms with Gasteiger partial charge in [0.15, 0.2) is 0 Å². The molecule has 1 N–H and O–H groups in total. The molecule has 0 aliphatic heterocycles. The van der Waals surface area contributed by atoms with Crippen LogP contribution in [0.25, 0.3) is 11.5 Å². The number of nitrogens with one attached hydrogen (secondary N) is 1. The Kier molecular flexibility index (Phi) is 4.43. The molecule has 6 heteroatoms. The number of pyridine rings is 1. The number of aromatic nitrogens is 3. The third kappa shape index (κ3) is 2.94. The predicted octanol–water partition coefficient (Wildman–Crippen LogP) is 2.95. The van der Waals surface area contributed by atoms with Crippen LogP contribution in [0.1, 0.15) is 32.2 Å². The first-order valence-electron chi connectivity index (χ1n) is 5.90. The second-order valence-corrected chi connectivity index (χ2v) is 4.82. The monoisotopic (exact) mass is 310 g/mol. The summed E-state index contributed by atoms with van der Waals surface area (Å²) in [6, 6.07) is 3.80. The quantitative estimate of drug-likeness (QED) is 0.920. The van der Waals surface area contributed by atoms with Crippen LogP contribution in [0.3, 0.4) is 0 Å². The Hall–Kier alpha value is -1.27. The van der Waals surface area contributed by atoms with Crippen LogP contribution in [0.4, 0.5) is 0 Å². The fraction of sp³-hybridized carbons (Fsp3) is 0.417. The number of rotatable bonds is 5. The summed E-state index contributed by atoms with van der Waals surface area (Å²) in [6.45, 7) is 5.04. The van der Waals surface area contributed by atoms with Crippen molar-refractivity contribution in [2.45, 2.75) is 26.3 Å². The third-order valence-electron chi connectivity index (χ3n) is 2.48. The van der Waals surface area contributed by atoms with Crippen LogP contribution in [-0.4, -0.2) is 21.7 Å². The van der Waals surface area contributed by atoms with Gasteiger partial charge in [0.1, 0.15) is 5.69 Å². The summed E-state index contributed by atoms with van der Waals surface area (Å²) in [7, 11) is 0. The van der Waals surface area contributed by atoms with Gasteiger partial charge in [-0.25, -0.2) is 0 Å². The maximum absolute atomic E-state index is 5.25. The van der Waals surface area contributed by atoms with Gasteiger partial charge in [-0.1, -0.05) is 12.1 Å². The zero-order valence-corrected chi connectivity index (χ0v) is 11.9. The fourth-order valence-electron chi connectivity index (χ4n) is 1.51. The van der Waals surface area contributed by atoms with Crippen LogP contribution in [0.5, 0.6) is 0 Å². The summed E-state index contributed by atoms with van der Waals surface area (Å²) in [5.41, 5.74) is 0.690. The van der Waals surface area contributed by atoms with Gasteiger partial charge < -0.3 is 9.84 Å². The molecular formula is C12H15BrN4O. The lowest BCUT2D eigenvalue weighted by molar-refractivity contribution is 0.340. The lowest BCUT2D eigenvalue weighted by atomic mass is 10.3. The normalized spacial score (nSPS) is 12.6. The van der Waals surface area contributed by atoms with Crippen molar-refractivity contribution in [1.29, 1.82) is 0 Å². The average molecular weight is 311 g/mol. The van der Waals surface area contributed by atoms with Crippen LogP contribution in [0.15, 0.2) is 27.3 Å². The molecule has 96 valence electrons. The molecule has 0 aliphatic carbocycles. The summed E-state index contributed by atoms with van der Waals surface area (Å²) in [5.74, 6) is 1.08. The van der Waals surface area contributed by atoms with Crippen molar-refractivity contribution in [2.24, 2.45) is 0 Å². The van der Waals surface area contributed by atoms with Gasteiger partial charge in [0.05, 0.1) is 6.04 Å². The summed E-state index contributed by atoms with van der Waals surface area (Å²) < 4.78 is 6.10. The first-order valence-corrected chi connectivity index (χ1v) is 6.69. The molecule has 2 rings (SSSR count). The van der Waals surface area contributed by atoms with E-state index in [1.807, 2.05) is 19.1 Å². The van der Waals surface area contributed by atoms with Crippen LogP contribution < -0.4 is 5.32 Å². The van der Waals surface area contributed by atoms with E-state index in [0.29, 0.717) is 17.4 Å². The Morgan fingerprint density at radius 2 is 2.33 bits per heavy atom. The fourth-order valence-corrected chi connectivity index (χ4v) is 1.94. The van der Waals surface area contributed by atoms with Gasteiger partial charge in [-0.05, 0) is 48.0 Å². The van der Waals surface area contributed by atoms with Crippen LogP contribution >= 0.6 is 15.9 Å². The molecule has 18 heavy (non-hydrogen) atoms. The zero-order valence-electron chi connectivity index (χ0n) is 10.4. The molecule has 0 bridgehead atoms. The molecule has 2 heterocycles. The van der Waals surface area contributed by atoms with Crippen molar-refractivity contribution in [2.75, 3.05) is 6.54 Å². The minimum absolute atomic E-state index is 0.0497. The van der Waals surface area contributed by atoms with Gasteiger partial charge in [0.25, 0.3) is 0 Å². The first kappa shape index (κ1) is 13.2. The Morgan fingerprint density at radius 3 is 3.06 bits per heavy atom. The largest absolute Gasteiger partial charge is 0.337 e. The number of hydrogen-bond acceptors (Lipinski definition) is 5. The van der Waals surface area contributed by atoms with E-state index in [-0.39, 0.29) is 6.04 Å². The molecule has 5 nitrogen and oxygen atoms in total. The van der Waals surface area contributed by atoms with E-state index in [0.717, 1.165) is 17.4 Å². The van der Waals surface area contributed by atoms with Crippen molar-refractivity contribution >= 4 is 15.9 Å². The standard InChI is InChI=1S/C12H15BrN4O/c1-3-6-14-8(2)12-16-11(17-18-12)10-9(13)5-4-7-15-10/h4-5,7-8,14H,3,6H2,1-2H3. The molecule has 0 saturated heterocycles. The zero-order chi connectivity index (χ0) is 13.0. The SMILES string of the molecule is CCCNC(C)c1nc(-c2ncccc2Br)no1. The van der Waals surface area contributed by atoms with Crippen LogP contribution in [0, 0.1) is 0 Å². The maximum Gasteiger partial charge on any atom is 0.243 e. The Morgan fingerprint density at radius 1 is 1.50 bits per heavy atom. The van der Waals surface area contributed by atoms with E-state index in [1.165, 1.54) is 0 Å². The summed E-state index contributed by atoms with van der Waals surface area (Å²) in [4.78, 5) is 8.59. The molecule has 1 unspecified atom stereocenters. The second-order valence-electron chi connectivity index (χ2n) is 3.97. The minimum Gasteiger partial charge on any atom is -0.337 e. The summed E-state index contributed by atoms with van der Waals surface area (Å²) in [6.07, 6.45) is 2.77. The lowest BCUT2D eigenvalue weighted by Crippen LogP contribution is -2.19. The van der Waals surface area contributed by atoms with Gasteiger partial charge in [-0.15, -0.1) is 0 Å². The Bertz CT molecular complexity index is 514. The Labute approximate surface area is 114 Å². The van der Waals surface area contributed by atoms with Crippen molar-refractivity contribution in [3.63, 3.8) is 0 Å². The van der Waals surface area contributed by atoms with E-state index >= 15 is 0 Å². The third-order valence-corrected chi connectivity index (χ3v) is 3.12. The van der Waals surface area contributed by atoms with Gasteiger partial charge in [0.2, 0.25) is 11.7 Å². The number of hydrogen-bond donors (Lipinski definition) is 1. The molecule has 2 aromatic rings. The highest BCUT2D eigenvalue weighted by Crippen LogP contribution is 2.24. The second kappa shape index (κ2) is 6.06. The average Bonchev–Trinajstić information content (AvgIpc) is 2.86. The highest BCUT2D eigenvalue weighted by molar-refractivity contribution is 9.10. The first-order chi connectivity index (χ1) is 8.72. The highest BCUT2D eigenvalue weighted by atomic mass is 79.9. The van der Waals surface area contributed by atoms with Crippen LogP contribution in [-0.2, 0) is 0 Å². The Balaban J connectivity index is 2.18. The molecule has 0 aromatic carbocycles. The van der Waals surface area contributed by atoms with Crippen molar-refractivity contribution in [1.82, 2.24) is 20.4 Å². The smallest absolute Gasteiger partial charge is 0.243 e. The lowest BCUT2D eigenvalue weighted by Gasteiger charge is -2.06. The molecule has 2 aromatic heterocycles.